The Kier molecular flexibility index (Phi) is 33.8. The standard InChI is InChI=1S/C22H28N2O8.C20H22O10.C17H15N3O8.C16H14O8/c1-23(21(28)13-8-15(12-25)19(26)16(9-13)30-3)6-7-24(2)22(29)14-10-17(31-4)20(27)18(11-14)32-5;1-26-14-7-11(6-13(10-21)17(14)22)19(24)29-4-5-30-20(25)12-8-15(27-2)18(23)16(9-12)28-3;21-14(10-3-5-15(22)12(8-10)19(25)26)2-1-7-18-17(24)11-4-6-16(23)13(9-11)20(27)28;17-9-1-3-11(13(19)7-9)15(21)23-5-6-24-16(22)12-4-2-10(18)8-14(12)20/h8-11,25-27H,6-7,12H2,1-5H3;6-9,21-23H,4-5,10H2,1-3H3;3-6,8-9,22-23H,1-2,7H2,(H,18,24);1-4,7-8,17-20H,5-6H2. The van der Waals surface area contributed by atoms with Crippen molar-refractivity contribution in [2.24, 2.45) is 0 Å². The minimum absolute atomic E-state index is 0.00940. The first-order valence-electron chi connectivity index (χ1n) is 33.0. The molecule has 0 aromatic heterocycles. The van der Waals surface area contributed by atoms with Crippen LogP contribution in [0, 0.1) is 20.2 Å². The zero-order chi connectivity index (χ0) is 84.8. The van der Waals surface area contributed by atoms with E-state index in [-0.39, 0.29) is 195 Å². The molecule has 0 bridgehead atoms. The van der Waals surface area contributed by atoms with Gasteiger partial charge in [0.15, 0.2) is 63.3 Å². The van der Waals surface area contributed by atoms with Gasteiger partial charge in [0.1, 0.15) is 60.6 Å². The van der Waals surface area contributed by atoms with E-state index in [0.29, 0.717) is 0 Å². The average Bonchev–Trinajstić information content (AvgIpc) is 0.815. The lowest BCUT2D eigenvalue weighted by molar-refractivity contribution is -0.386. The molecule has 3 amide bonds. The molecule has 608 valence electrons. The molecule has 114 heavy (non-hydrogen) atoms. The summed E-state index contributed by atoms with van der Waals surface area (Å²) in [5.74, 6) is -7.90. The number of benzene rings is 8. The van der Waals surface area contributed by atoms with Gasteiger partial charge in [-0.25, -0.2) is 19.2 Å². The SMILES string of the molecule is COc1cc(C(=O)N(C)CCN(C)C(=O)c2cc(OC)c(O)c(OC)c2)cc(CO)c1O.COc1cc(C(=O)OCCOC(=O)c2cc(OC)c(O)c(OC)c2)cc(CO)c1O.O=C(CCCNC(=O)c1ccc(O)c([N+](=O)[O-])c1)c1ccc(O)c([N+](=O)[O-])c1.O=C(OCCOC(=O)c1ccc(O)cc1O)c1ccc(O)cc1O. The largest absolute Gasteiger partial charge is 0.508 e. The fourth-order valence-electron chi connectivity index (χ4n) is 9.69. The van der Waals surface area contributed by atoms with Crippen LogP contribution in [0.15, 0.2) is 121 Å². The van der Waals surface area contributed by atoms with Gasteiger partial charge in [-0.3, -0.25) is 39.4 Å². The first kappa shape index (κ1) is 89.9. The van der Waals surface area contributed by atoms with Gasteiger partial charge in [-0.1, -0.05) is 0 Å². The zero-order valence-corrected chi connectivity index (χ0v) is 62.0. The Hall–Kier alpha value is -14.8. The Labute approximate surface area is 646 Å². The summed E-state index contributed by atoms with van der Waals surface area (Å²) in [4.78, 5) is 120. The van der Waals surface area contributed by atoms with Gasteiger partial charge in [-0.15, -0.1) is 0 Å². The Balaban J connectivity index is 0.000000273. The summed E-state index contributed by atoms with van der Waals surface area (Å²) in [6.45, 7) is -1.47. The van der Waals surface area contributed by atoms with Crippen LogP contribution in [0.1, 0.15) is 107 Å². The lowest BCUT2D eigenvalue weighted by atomic mass is 10.1. The van der Waals surface area contributed by atoms with Crippen molar-refractivity contribution >= 4 is 58.8 Å². The van der Waals surface area contributed by atoms with E-state index in [1.165, 1.54) is 137 Å². The third kappa shape index (κ3) is 24.6. The van der Waals surface area contributed by atoms with Gasteiger partial charge in [0.05, 0.1) is 76.8 Å². The second-order valence-corrected chi connectivity index (χ2v) is 23.3. The van der Waals surface area contributed by atoms with Crippen LogP contribution >= 0.6 is 0 Å². The number of aromatic hydroxyl groups is 10. The van der Waals surface area contributed by atoms with Gasteiger partial charge in [-0.2, -0.15) is 0 Å². The van der Waals surface area contributed by atoms with E-state index in [2.05, 4.69) is 5.32 Å². The molecular weight excluding hydrogens is 1510 g/mol. The molecule has 0 spiro atoms. The number of carbonyl (C=O) groups is 8. The highest BCUT2D eigenvalue weighted by Gasteiger charge is 2.26. The molecule has 0 saturated heterocycles. The van der Waals surface area contributed by atoms with Crippen LogP contribution in [0.25, 0.3) is 0 Å². The predicted molar refractivity (Wildman–Crippen MR) is 394 cm³/mol. The molecule has 0 unspecified atom stereocenters. The number of aliphatic hydroxyl groups excluding tert-OH is 2. The Bertz CT molecular complexity index is 4440. The molecule has 39 heteroatoms. The lowest BCUT2D eigenvalue weighted by Gasteiger charge is -2.23. The second kappa shape index (κ2) is 42.8. The van der Waals surface area contributed by atoms with Gasteiger partial charge >= 0.3 is 35.3 Å². The number of nitro benzene ring substituents is 2. The van der Waals surface area contributed by atoms with Gasteiger partial charge < -0.3 is 124 Å². The van der Waals surface area contributed by atoms with Crippen LogP contribution in [0.3, 0.4) is 0 Å². The number of hydrogen-bond acceptors (Lipinski definition) is 34. The summed E-state index contributed by atoms with van der Waals surface area (Å²) in [5, 5.41) is 138. The van der Waals surface area contributed by atoms with Crippen LogP contribution in [-0.4, -0.2) is 231 Å². The maximum atomic E-state index is 12.8. The van der Waals surface area contributed by atoms with E-state index in [0.717, 1.165) is 36.4 Å². The number of Topliss-reactive ketones (excluding diaryl/α,β-unsaturated/α-hetero) is 1. The highest BCUT2D eigenvalue weighted by Crippen LogP contribution is 2.40. The molecule has 0 aliphatic carbocycles. The second-order valence-electron chi connectivity index (χ2n) is 23.3. The number of hydrogen-bond donors (Lipinski definition) is 13. The topological polar surface area (TPSA) is 576 Å². The van der Waals surface area contributed by atoms with Gasteiger partial charge in [-0.05, 0) is 103 Å². The zero-order valence-electron chi connectivity index (χ0n) is 62.0. The van der Waals surface area contributed by atoms with Crippen LogP contribution in [0.5, 0.6) is 92.0 Å². The Morgan fingerprint density at radius 2 is 0.711 bits per heavy atom. The molecule has 0 saturated carbocycles. The molecule has 0 heterocycles. The van der Waals surface area contributed by atoms with E-state index < -0.39 is 93.0 Å². The summed E-state index contributed by atoms with van der Waals surface area (Å²) in [5.41, 5.74) is -0.550. The number of methoxy groups -OCH3 is 6. The van der Waals surface area contributed by atoms with Crippen molar-refractivity contribution in [2.75, 3.05) is 103 Å². The number of phenolic OH excluding ortho intramolecular Hbond substituents is 8. The Morgan fingerprint density at radius 1 is 0.386 bits per heavy atom. The first-order valence-corrected chi connectivity index (χ1v) is 33.0. The van der Waals surface area contributed by atoms with Crippen LogP contribution in [0.4, 0.5) is 11.4 Å². The fraction of sp³-hybridized carbons (Fsp3) is 0.253. The number of phenols is 10. The summed E-state index contributed by atoms with van der Waals surface area (Å²) in [7, 11) is 11.2. The van der Waals surface area contributed by atoms with E-state index in [9.17, 15) is 110 Å². The molecule has 0 aliphatic rings. The predicted octanol–water partition coefficient (Wildman–Crippen LogP) is 6.92. The highest BCUT2D eigenvalue weighted by molar-refractivity contribution is 5.99. The number of nitrogens with zero attached hydrogens (tertiary/aromatic N) is 4. The van der Waals surface area contributed by atoms with Crippen LogP contribution in [-0.2, 0) is 32.2 Å². The van der Waals surface area contributed by atoms with Crippen LogP contribution in [0.2, 0.25) is 0 Å². The minimum Gasteiger partial charge on any atom is -0.508 e. The van der Waals surface area contributed by atoms with Crippen molar-refractivity contribution in [3.63, 3.8) is 0 Å². The third-order valence-corrected chi connectivity index (χ3v) is 15.8. The van der Waals surface area contributed by atoms with Crippen LogP contribution < -0.4 is 33.7 Å². The number of nitro groups is 2. The number of amides is 3. The maximum absolute atomic E-state index is 12.8. The molecule has 39 nitrogen and oxygen atoms in total. The molecule has 13 N–H and O–H groups in total. The van der Waals surface area contributed by atoms with Crippen molar-refractivity contribution in [3.05, 3.63) is 197 Å². The van der Waals surface area contributed by atoms with Gasteiger partial charge in [0.25, 0.3) is 17.7 Å². The number of carbonyl (C=O) groups excluding carboxylic acids is 8. The smallest absolute Gasteiger partial charge is 0.342 e. The molecule has 8 rings (SSSR count). The van der Waals surface area contributed by atoms with Crippen molar-refractivity contribution in [1.82, 2.24) is 15.1 Å². The van der Waals surface area contributed by atoms with Crippen molar-refractivity contribution in [3.8, 4) is 92.0 Å². The van der Waals surface area contributed by atoms with Crippen molar-refractivity contribution < 1.29 is 157 Å². The highest BCUT2D eigenvalue weighted by atomic mass is 16.6. The number of nitrogens with one attached hydrogen (secondary N) is 1. The molecule has 8 aromatic carbocycles. The lowest BCUT2D eigenvalue weighted by Crippen LogP contribution is -2.37. The number of likely N-dealkylation sites (N-methyl/N-ethyl adjacent to an activating group) is 2. The molecule has 0 aliphatic heterocycles. The maximum Gasteiger partial charge on any atom is 0.342 e. The number of ketones is 1. The Morgan fingerprint density at radius 3 is 1.07 bits per heavy atom. The third-order valence-electron chi connectivity index (χ3n) is 15.8. The fourth-order valence-corrected chi connectivity index (χ4v) is 9.69. The van der Waals surface area contributed by atoms with E-state index in [1.54, 1.807) is 14.1 Å². The summed E-state index contributed by atoms with van der Waals surface area (Å²) in [6.07, 6.45) is 0.206. The number of rotatable bonds is 31. The van der Waals surface area contributed by atoms with E-state index >= 15 is 0 Å². The molecule has 0 atom stereocenters. The normalized spacial score (nSPS) is 10.3. The average molecular weight is 1590 g/mol. The summed E-state index contributed by atoms with van der Waals surface area (Å²) >= 11 is 0. The van der Waals surface area contributed by atoms with Gasteiger partial charge in [0.2, 0.25) is 11.5 Å². The summed E-state index contributed by atoms with van der Waals surface area (Å²) < 4.78 is 49.9. The number of ether oxygens (including phenoxy) is 10. The molecule has 0 radical (unpaired) electrons. The molecular formula is C75H79N5O34. The first-order chi connectivity index (χ1) is 54.1. The minimum atomic E-state index is -0.851. The quantitative estimate of drug-likeness (QED) is 0.00523. The number of aliphatic hydroxyl groups is 2. The molecule has 8 aromatic rings. The monoisotopic (exact) mass is 1590 g/mol. The van der Waals surface area contributed by atoms with Crippen molar-refractivity contribution in [1.29, 1.82) is 0 Å². The van der Waals surface area contributed by atoms with Crippen molar-refractivity contribution in [2.45, 2.75) is 26.1 Å². The van der Waals surface area contributed by atoms with E-state index in [1.807, 2.05) is 0 Å². The molecule has 0 fully saturated rings. The number of esters is 4. The van der Waals surface area contributed by atoms with Gasteiger partial charge in [0, 0.05) is 97.8 Å². The summed E-state index contributed by atoms with van der Waals surface area (Å²) in [6, 6.07) is 24.0. The van der Waals surface area contributed by atoms with E-state index in [4.69, 9.17) is 57.6 Å².